The van der Waals surface area contributed by atoms with E-state index in [9.17, 15) is 13.2 Å². The maximum atomic E-state index is 12.3. The normalized spacial score (nSPS) is 26.5. The Morgan fingerprint density at radius 1 is 1.31 bits per heavy atom. The molecule has 1 aromatic rings. The van der Waals surface area contributed by atoms with Crippen LogP contribution < -0.4 is 9.80 Å². The van der Waals surface area contributed by atoms with E-state index >= 15 is 0 Å². The molecule has 0 bridgehead atoms. The van der Waals surface area contributed by atoms with Gasteiger partial charge in [0.15, 0.2) is 0 Å². The Balaban J connectivity index is 1.54. The molecule has 1 aromatic heterocycles. The molecule has 1 aliphatic heterocycles. The Morgan fingerprint density at radius 3 is 2.62 bits per heavy atom. The number of sulfonamides is 1. The number of amides is 1. The van der Waals surface area contributed by atoms with Crippen molar-refractivity contribution < 1.29 is 27.3 Å². The number of hydrogen-bond donors (Lipinski definition) is 0. The molecule has 0 spiro atoms. The fraction of sp³-hybridized carbons (Fsp3) is 0.833. The van der Waals surface area contributed by atoms with E-state index in [4.69, 9.17) is 9.26 Å². The Hall–Kier alpha value is -1.88. The van der Waals surface area contributed by atoms with E-state index in [1.54, 1.807) is 0 Å². The molecule has 2 aliphatic rings. The van der Waals surface area contributed by atoms with Crippen molar-refractivity contribution in [2.75, 3.05) is 37.4 Å². The average Bonchev–Trinajstić information content (AvgIpc) is 3.09. The van der Waals surface area contributed by atoms with Gasteiger partial charge in [-0.1, -0.05) is 27.2 Å². The van der Waals surface area contributed by atoms with E-state index in [0.29, 0.717) is 43.9 Å². The third-order valence-electron chi connectivity index (χ3n) is 5.83. The lowest BCUT2D eigenvalue weighted by Crippen LogP contribution is -2.65. The first-order chi connectivity index (χ1) is 13.6. The predicted octanol–water partition coefficient (Wildman–Crippen LogP) is 1.78. The topological polar surface area (TPSA) is 111 Å². The second-order valence-corrected chi connectivity index (χ2v) is 10.4. The summed E-state index contributed by atoms with van der Waals surface area (Å²) in [6, 6.07) is 0. The molecule has 1 saturated carbocycles. The lowest BCUT2D eigenvalue weighted by molar-refractivity contribution is -0.759. The SMILES string of the molecule is CC1CCC(C(C)C)C(OC(=O)[N-]c2c[n+](N3CCN(S(C)(=O)=O)CC3)no2)C1. The highest BCUT2D eigenvalue weighted by molar-refractivity contribution is 7.88. The van der Waals surface area contributed by atoms with Crippen LogP contribution in [-0.2, 0) is 14.8 Å². The Morgan fingerprint density at radius 2 is 2.00 bits per heavy atom. The first kappa shape index (κ1) is 21.8. The Labute approximate surface area is 172 Å². The number of nitrogens with zero attached hydrogens (tertiary/aromatic N) is 5. The van der Waals surface area contributed by atoms with Gasteiger partial charge in [-0.15, -0.1) is 0 Å². The highest BCUT2D eigenvalue weighted by Gasteiger charge is 2.33. The van der Waals surface area contributed by atoms with Crippen molar-refractivity contribution in [3.63, 3.8) is 0 Å². The molecule has 3 unspecified atom stereocenters. The van der Waals surface area contributed by atoms with Crippen LogP contribution in [0.2, 0.25) is 0 Å². The summed E-state index contributed by atoms with van der Waals surface area (Å²) in [5.41, 5.74) is 0. The van der Waals surface area contributed by atoms with Crippen LogP contribution in [0, 0.1) is 17.8 Å². The van der Waals surface area contributed by atoms with Gasteiger partial charge >= 0.3 is 0 Å². The van der Waals surface area contributed by atoms with Gasteiger partial charge in [-0.3, -0.25) is 4.79 Å². The number of carbonyl (C=O) groups is 1. The minimum Gasteiger partial charge on any atom is -0.552 e. The highest BCUT2D eigenvalue weighted by Crippen LogP contribution is 2.36. The number of rotatable bonds is 5. The zero-order valence-electron chi connectivity index (χ0n) is 17.5. The predicted molar refractivity (Wildman–Crippen MR) is 106 cm³/mol. The molecule has 0 aromatic carbocycles. The van der Waals surface area contributed by atoms with Crippen LogP contribution in [0.25, 0.3) is 5.32 Å². The Kier molecular flexibility index (Phi) is 6.67. The monoisotopic (exact) mass is 429 g/mol. The van der Waals surface area contributed by atoms with Crippen molar-refractivity contribution in [3.05, 3.63) is 11.5 Å². The van der Waals surface area contributed by atoms with Crippen LogP contribution in [-0.4, -0.2) is 62.6 Å². The molecule has 3 rings (SSSR count). The van der Waals surface area contributed by atoms with Crippen molar-refractivity contribution in [2.24, 2.45) is 17.8 Å². The third-order valence-corrected chi connectivity index (χ3v) is 7.14. The second kappa shape index (κ2) is 8.86. The van der Waals surface area contributed by atoms with E-state index in [1.807, 2.05) is 5.01 Å². The number of aromatic nitrogens is 2. The molecule has 1 amide bonds. The van der Waals surface area contributed by atoms with Crippen molar-refractivity contribution in [2.45, 2.75) is 46.1 Å². The van der Waals surface area contributed by atoms with Gasteiger partial charge in [0, 0.05) is 13.1 Å². The molecule has 11 heteroatoms. The summed E-state index contributed by atoms with van der Waals surface area (Å²) >= 11 is 0. The molecule has 1 aliphatic carbocycles. The lowest BCUT2D eigenvalue weighted by Gasteiger charge is -2.38. The summed E-state index contributed by atoms with van der Waals surface area (Å²) in [5, 5.41) is 9.60. The van der Waals surface area contributed by atoms with Gasteiger partial charge < -0.3 is 14.6 Å². The number of hydrogen-bond acceptors (Lipinski definition) is 7. The molecule has 164 valence electrons. The number of ether oxygens (including phenoxy) is 1. The molecule has 29 heavy (non-hydrogen) atoms. The largest absolute Gasteiger partial charge is 0.552 e. The second-order valence-electron chi connectivity index (χ2n) is 8.44. The quantitative estimate of drug-likeness (QED) is 0.656. The molecule has 0 radical (unpaired) electrons. The van der Waals surface area contributed by atoms with Gasteiger partial charge in [0.25, 0.3) is 6.20 Å². The first-order valence-electron chi connectivity index (χ1n) is 10.1. The molecule has 2 fully saturated rings. The average molecular weight is 430 g/mol. The third kappa shape index (κ3) is 5.59. The summed E-state index contributed by atoms with van der Waals surface area (Å²) in [5.74, 6) is 1.38. The molecule has 10 nitrogen and oxygen atoms in total. The van der Waals surface area contributed by atoms with Crippen molar-refractivity contribution >= 4 is 22.0 Å². The van der Waals surface area contributed by atoms with Gasteiger partial charge in [0.1, 0.15) is 12.0 Å². The van der Waals surface area contributed by atoms with Crippen molar-refractivity contribution in [1.29, 1.82) is 0 Å². The Bertz CT molecular complexity index is 803. The van der Waals surface area contributed by atoms with Gasteiger partial charge in [0.05, 0.1) is 24.1 Å². The first-order valence-corrected chi connectivity index (χ1v) is 12.0. The van der Waals surface area contributed by atoms with Gasteiger partial charge in [0.2, 0.25) is 21.4 Å². The minimum absolute atomic E-state index is 0.0606. The number of piperazine rings is 1. The van der Waals surface area contributed by atoms with Crippen LogP contribution in [0.15, 0.2) is 10.7 Å². The minimum atomic E-state index is -3.20. The smallest absolute Gasteiger partial charge is 0.257 e. The summed E-state index contributed by atoms with van der Waals surface area (Å²) < 4.78 is 35.4. The van der Waals surface area contributed by atoms with Crippen LogP contribution >= 0.6 is 0 Å². The fourth-order valence-electron chi connectivity index (χ4n) is 4.12. The zero-order chi connectivity index (χ0) is 21.2. The van der Waals surface area contributed by atoms with E-state index in [1.165, 1.54) is 21.5 Å². The lowest BCUT2D eigenvalue weighted by atomic mass is 9.75. The highest BCUT2D eigenvalue weighted by atomic mass is 32.2. The number of carbonyl (C=O) groups excluding carboxylic acids is 1. The molecule has 1 saturated heterocycles. The van der Waals surface area contributed by atoms with Crippen molar-refractivity contribution in [1.82, 2.24) is 9.58 Å². The van der Waals surface area contributed by atoms with E-state index in [2.05, 4.69) is 31.4 Å². The van der Waals surface area contributed by atoms with Crippen LogP contribution in [0.1, 0.15) is 40.0 Å². The van der Waals surface area contributed by atoms with Gasteiger partial charge in [-0.05, 0) is 30.6 Å². The van der Waals surface area contributed by atoms with Crippen LogP contribution in [0.3, 0.4) is 0 Å². The summed E-state index contributed by atoms with van der Waals surface area (Å²) in [4.78, 5) is 13.8. The van der Waals surface area contributed by atoms with Gasteiger partial charge in [-0.25, -0.2) is 8.42 Å². The molecule has 0 N–H and O–H groups in total. The maximum absolute atomic E-state index is 12.3. The van der Waals surface area contributed by atoms with E-state index < -0.39 is 16.1 Å². The van der Waals surface area contributed by atoms with E-state index in [-0.39, 0.29) is 12.0 Å². The summed E-state index contributed by atoms with van der Waals surface area (Å²) in [6.45, 7) is 8.14. The van der Waals surface area contributed by atoms with Gasteiger partial charge in [-0.2, -0.15) is 9.31 Å². The molecular formula is C18H31N5O5S. The standard InChI is InChI=1S/C18H31N5O5S/c1-13(2)15-6-5-14(3)11-16(15)27-18(24)19-17-12-23(20-28-17)21-7-9-22(10-8-21)29(4,25)26/h12-16H,5-11H2,1-4H3. The van der Waals surface area contributed by atoms with E-state index in [0.717, 1.165) is 19.3 Å². The summed E-state index contributed by atoms with van der Waals surface area (Å²) in [7, 11) is -3.20. The molecule has 2 heterocycles. The maximum Gasteiger partial charge on any atom is 0.257 e. The zero-order valence-corrected chi connectivity index (χ0v) is 18.3. The molecular weight excluding hydrogens is 398 g/mol. The van der Waals surface area contributed by atoms with Crippen LogP contribution in [0.4, 0.5) is 10.7 Å². The fourth-order valence-corrected chi connectivity index (χ4v) is 4.95. The molecule has 3 atom stereocenters. The van der Waals surface area contributed by atoms with Crippen LogP contribution in [0.5, 0.6) is 0 Å². The summed E-state index contributed by atoms with van der Waals surface area (Å²) in [6.07, 6.45) is 4.97. The van der Waals surface area contributed by atoms with Crippen molar-refractivity contribution in [3.8, 4) is 0 Å².